The van der Waals surface area contributed by atoms with E-state index in [1.54, 1.807) is 13.2 Å². The first-order chi connectivity index (χ1) is 14.9. The number of rotatable bonds is 8. The molecule has 3 rings (SSSR count). The van der Waals surface area contributed by atoms with Crippen LogP contribution in [0.3, 0.4) is 0 Å². The number of benzene rings is 2. The molecule has 0 aliphatic rings. The Morgan fingerprint density at radius 1 is 1.10 bits per heavy atom. The van der Waals surface area contributed by atoms with E-state index in [0.717, 1.165) is 23.3 Å². The van der Waals surface area contributed by atoms with Crippen molar-refractivity contribution in [1.82, 2.24) is 15.5 Å². The van der Waals surface area contributed by atoms with Crippen molar-refractivity contribution in [3.63, 3.8) is 0 Å². The Hall–Kier alpha value is -3.26. The fourth-order valence-electron chi connectivity index (χ4n) is 3.06. The lowest BCUT2D eigenvalue weighted by molar-refractivity contribution is -0.119. The third-order valence-electron chi connectivity index (χ3n) is 5.16. The molecule has 7 nitrogen and oxygen atoms in total. The summed E-state index contributed by atoms with van der Waals surface area (Å²) < 4.78 is 5.17. The van der Waals surface area contributed by atoms with Crippen LogP contribution in [-0.4, -0.2) is 35.2 Å². The van der Waals surface area contributed by atoms with Gasteiger partial charge in [0.1, 0.15) is 16.8 Å². The first-order valence-corrected chi connectivity index (χ1v) is 10.9. The van der Waals surface area contributed by atoms with E-state index in [1.807, 2.05) is 63.2 Å². The predicted octanol–water partition coefficient (Wildman–Crippen LogP) is 4.31. The van der Waals surface area contributed by atoms with Crippen LogP contribution in [0.25, 0.3) is 10.6 Å². The van der Waals surface area contributed by atoms with Crippen LogP contribution < -0.4 is 15.4 Å². The van der Waals surface area contributed by atoms with Crippen LogP contribution in [0, 0.1) is 12.8 Å². The predicted molar refractivity (Wildman–Crippen MR) is 122 cm³/mol. The second-order valence-electron chi connectivity index (χ2n) is 7.28. The molecule has 0 saturated heterocycles. The van der Waals surface area contributed by atoms with Crippen molar-refractivity contribution < 1.29 is 14.3 Å². The number of hydrogen-bond donors (Lipinski definition) is 2. The minimum Gasteiger partial charge on any atom is -0.497 e. The Kier molecular flexibility index (Phi) is 7.36. The van der Waals surface area contributed by atoms with Gasteiger partial charge in [0.2, 0.25) is 11.0 Å². The molecule has 0 aliphatic heterocycles. The number of ether oxygens (including phenoxy) is 1. The van der Waals surface area contributed by atoms with Gasteiger partial charge in [0, 0.05) is 11.1 Å². The molecule has 2 N–H and O–H groups in total. The summed E-state index contributed by atoms with van der Waals surface area (Å²) in [6.07, 6.45) is 0.735. The molecule has 8 heteroatoms. The number of methoxy groups -OCH3 is 1. The summed E-state index contributed by atoms with van der Waals surface area (Å²) in [6.45, 7) is 5.79. The van der Waals surface area contributed by atoms with Gasteiger partial charge in [0.15, 0.2) is 0 Å². The fraction of sp³-hybridized carbons (Fsp3) is 0.304. The number of nitrogens with one attached hydrogen (secondary N) is 2. The summed E-state index contributed by atoms with van der Waals surface area (Å²) in [7, 11) is 1.61. The molecular weight excluding hydrogens is 412 g/mol. The van der Waals surface area contributed by atoms with Crippen molar-refractivity contribution >= 4 is 28.3 Å². The number of anilines is 1. The van der Waals surface area contributed by atoms with E-state index in [0.29, 0.717) is 15.7 Å². The maximum absolute atomic E-state index is 13.0. The van der Waals surface area contributed by atoms with Gasteiger partial charge in [-0.05, 0) is 48.7 Å². The van der Waals surface area contributed by atoms with Crippen LogP contribution in [0.15, 0.2) is 48.5 Å². The van der Waals surface area contributed by atoms with Crippen LogP contribution in [0.1, 0.15) is 36.2 Å². The Balaban J connectivity index is 1.73. The molecule has 162 valence electrons. The highest BCUT2D eigenvalue weighted by atomic mass is 32.1. The van der Waals surface area contributed by atoms with Gasteiger partial charge < -0.3 is 10.1 Å². The molecule has 2 unspecified atom stereocenters. The van der Waals surface area contributed by atoms with Crippen LogP contribution in [0.2, 0.25) is 0 Å². The van der Waals surface area contributed by atoms with Gasteiger partial charge in [-0.15, -0.1) is 10.2 Å². The van der Waals surface area contributed by atoms with E-state index >= 15 is 0 Å². The minimum atomic E-state index is -0.689. The Labute approximate surface area is 185 Å². The van der Waals surface area contributed by atoms with E-state index in [2.05, 4.69) is 20.8 Å². The summed E-state index contributed by atoms with van der Waals surface area (Å²) >= 11 is 1.27. The molecule has 0 radical (unpaired) electrons. The summed E-state index contributed by atoms with van der Waals surface area (Å²) in [5.41, 5.74) is 2.29. The normalized spacial score (nSPS) is 12.6. The van der Waals surface area contributed by atoms with Crippen molar-refractivity contribution in [1.29, 1.82) is 0 Å². The zero-order chi connectivity index (χ0) is 22.4. The molecule has 1 heterocycles. The van der Waals surface area contributed by atoms with Crippen molar-refractivity contribution in [2.45, 2.75) is 33.2 Å². The van der Waals surface area contributed by atoms with Gasteiger partial charge in [0.05, 0.1) is 7.11 Å². The number of carbonyl (C=O) groups excluding carboxylic acids is 2. The first kappa shape index (κ1) is 22.4. The molecule has 3 aromatic rings. The lowest BCUT2D eigenvalue weighted by atomic mass is 9.97. The smallest absolute Gasteiger partial charge is 0.252 e. The lowest BCUT2D eigenvalue weighted by Crippen LogP contribution is -2.47. The molecule has 31 heavy (non-hydrogen) atoms. The van der Waals surface area contributed by atoms with E-state index in [-0.39, 0.29) is 17.7 Å². The average Bonchev–Trinajstić information content (AvgIpc) is 3.25. The molecule has 2 aromatic carbocycles. The molecule has 0 aliphatic carbocycles. The molecule has 1 aromatic heterocycles. The number of aryl methyl sites for hydroxylation is 1. The van der Waals surface area contributed by atoms with Gasteiger partial charge >= 0.3 is 0 Å². The third kappa shape index (κ3) is 5.46. The molecule has 0 spiro atoms. The quantitative estimate of drug-likeness (QED) is 0.547. The highest BCUT2D eigenvalue weighted by molar-refractivity contribution is 7.18. The summed E-state index contributed by atoms with van der Waals surface area (Å²) in [5.74, 6) is 0.119. The van der Waals surface area contributed by atoms with Crippen molar-refractivity contribution in [3.05, 3.63) is 59.7 Å². The van der Waals surface area contributed by atoms with E-state index in [1.165, 1.54) is 11.3 Å². The largest absolute Gasteiger partial charge is 0.497 e. The zero-order valence-electron chi connectivity index (χ0n) is 18.0. The first-order valence-electron chi connectivity index (χ1n) is 10.1. The van der Waals surface area contributed by atoms with Crippen LogP contribution in [0.4, 0.5) is 5.13 Å². The second kappa shape index (κ2) is 10.2. The van der Waals surface area contributed by atoms with Gasteiger partial charge in [-0.1, -0.05) is 49.8 Å². The minimum absolute atomic E-state index is 0.0538. The van der Waals surface area contributed by atoms with Crippen molar-refractivity contribution in [3.8, 4) is 16.3 Å². The lowest BCUT2D eigenvalue weighted by Gasteiger charge is -2.23. The van der Waals surface area contributed by atoms with Crippen molar-refractivity contribution in [2.75, 3.05) is 12.4 Å². The number of amides is 2. The van der Waals surface area contributed by atoms with Gasteiger partial charge in [0.25, 0.3) is 5.91 Å². The Morgan fingerprint density at radius 2 is 1.81 bits per heavy atom. The molecule has 0 bridgehead atoms. The fourth-order valence-corrected chi connectivity index (χ4v) is 3.81. The topological polar surface area (TPSA) is 93.2 Å². The summed E-state index contributed by atoms with van der Waals surface area (Å²) in [5, 5.41) is 15.0. The van der Waals surface area contributed by atoms with E-state index in [4.69, 9.17) is 4.74 Å². The number of hydrogen-bond acceptors (Lipinski definition) is 6. The highest BCUT2D eigenvalue weighted by Crippen LogP contribution is 2.28. The average molecular weight is 439 g/mol. The van der Waals surface area contributed by atoms with Gasteiger partial charge in [-0.25, -0.2) is 0 Å². The second-order valence-corrected chi connectivity index (χ2v) is 8.26. The standard InChI is InChI=1S/C23H26N4O3S/c1-5-14(2)19(24-20(28)18-9-7-6-8-15(18)3)21(29)25-23-27-26-22(31-23)16-10-12-17(30-4)13-11-16/h6-14,19H,5H2,1-4H3,(H,24,28)(H,25,27,29). The number of nitrogens with zero attached hydrogens (tertiary/aromatic N) is 2. The van der Waals surface area contributed by atoms with E-state index < -0.39 is 6.04 Å². The summed E-state index contributed by atoms with van der Waals surface area (Å²) in [4.78, 5) is 25.8. The molecule has 0 fully saturated rings. The maximum atomic E-state index is 13.0. The number of carbonyl (C=O) groups is 2. The zero-order valence-corrected chi connectivity index (χ0v) is 18.8. The third-order valence-corrected chi connectivity index (χ3v) is 6.05. The molecular formula is C23H26N4O3S. The molecule has 2 atom stereocenters. The van der Waals surface area contributed by atoms with Crippen LogP contribution in [-0.2, 0) is 4.79 Å². The van der Waals surface area contributed by atoms with Crippen LogP contribution >= 0.6 is 11.3 Å². The molecule has 2 amide bonds. The SMILES string of the molecule is CCC(C)C(NC(=O)c1ccccc1C)C(=O)Nc1nnc(-c2ccc(OC)cc2)s1. The maximum Gasteiger partial charge on any atom is 0.252 e. The monoisotopic (exact) mass is 438 g/mol. The Morgan fingerprint density at radius 3 is 2.45 bits per heavy atom. The Bertz CT molecular complexity index is 1050. The molecule has 0 saturated carbocycles. The van der Waals surface area contributed by atoms with E-state index in [9.17, 15) is 9.59 Å². The van der Waals surface area contributed by atoms with Gasteiger partial charge in [-0.2, -0.15) is 0 Å². The van der Waals surface area contributed by atoms with Crippen LogP contribution in [0.5, 0.6) is 5.75 Å². The highest BCUT2D eigenvalue weighted by Gasteiger charge is 2.27. The number of aromatic nitrogens is 2. The van der Waals surface area contributed by atoms with Gasteiger partial charge in [-0.3, -0.25) is 14.9 Å². The van der Waals surface area contributed by atoms with Crippen molar-refractivity contribution in [2.24, 2.45) is 5.92 Å². The summed E-state index contributed by atoms with van der Waals surface area (Å²) in [6, 6.07) is 14.1.